The normalized spacial score (nSPS) is 15.8. The molecule has 1 aliphatic heterocycles. The van der Waals surface area contributed by atoms with Gasteiger partial charge in [-0.3, -0.25) is 10.1 Å². The van der Waals surface area contributed by atoms with E-state index < -0.39 is 64.4 Å². The minimum Gasteiger partial charge on any atom is -0.467 e. The van der Waals surface area contributed by atoms with Gasteiger partial charge in [0.05, 0.1) is 30.5 Å². The standard InChI is InChI=1S/C30H35F4N3O7/c1-28(2,3)43-26(40)35-22-11-8-17(19-15-18(30(32,33)34)9-10-21(19)31)14-20(22)24(38)37-13-12-36(16-23(37)25(39)42-7)27(41)44-29(4,5)6/h8-11,14-15,23H,12-13,16H2,1-7H3,(H,35,40)/t23-/m1/s1. The van der Waals surface area contributed by atoms with Gasteiger partial charge >= 0.3 is 24.3 Å². The summed E-state index contributed by atoms with van der Waals surface area (Å²) in [7, 11) is 1.10. The summed E-state index contributed by atoms with van der Waals surface area (Å²) in [5.74, 6) is -2.68. The SMILES string of the molecule is COC(=O)[C@H]1CN(C(=O)OC(C)(C)C)CCN1C(=O)c1cc(-c2cc(C(F)(F)F)ccc2F)ccc1NC(=O)OC(C)(C)C. The number of piperazine rings is 1. The number of halogens is 4. The van der Waals surface area contributed by atoms with E-state index in [0.717, 1.165) is 18.1 Å². The zero-order chi connectivity index (χ0) is 33.2. The van der Waals surface area contributed by atoms with Crippen molar-refractivity contribution in [2.75, 3.05) is 32.1 Å². The fourth-order valence-corrected chi connectivity index (χ4v) is 4.34. The molecule has 3 rings (SSSR count). The van der Waals surface area contributed by atoms with Crippen LogP contribution in [0.4, 0.5) is 32.8 Å². The lowest BCUT2D eigenvalue weighted by Crippen LogP contribution is -2.60. The summed E-state index contributed by atoms with van der Waals surface area (Å²) in [6, 6.07) is 4.12. The van der Waals surface area contributed by atoms with E-state index >= 15 is 0 Å². The molecule has 1 saturated heterocycles. The maximum Gasteiger partial charge on any atom is 0.416 e. The van der Waals surface area contributed by atoms with Crippen molar-refractivity contribution in [1.29, 1.82) is 0 Å². The molecule has 2 aromatic rings. The topological polar surface area (TPSA) is 114 Å². The van der Waals surface area contributed by atoms with Gasteiger partial charge in [0.2, 0.25) is 0 Å². The van der Waals surface area contributed by atoms with Gasteiger partial charge in [-0.25, -0.2) is 18.8 Å². The third kappa shape index (κ3) is 8.60. The smallest absolute Gasteiger partial charge is 0.416 e. The lowest BCUT2D eigenvalue weighted by Gasteiger charge is -2.40. The van der Waals surface area contributed by atoms with Crippen molar-refractivity contribution in [3.05, 3.63) is 53.3 Å². The zero-order valence-electron chi connectivity index (χ0n) is 25.4. The molecule has 0 bridgehead atoms. The molecule has 44 heavy (non-hydrogen) atoms. The lowest BCUT2D eigenvalue weighted by molar-refractivity contribution is -0.148. The van der Waals surface area contributed by atoms with Gasteiger partial charge < -0.3 is 24.0 Å². The number of nitrogens with zero attached hydrogens (tertiary/aromatic N) is 2. The first kappa shape index (κ1) is 34.1. The molecule has 1 N–H and O–H groups in total. The highest BCUT2D eigenvalue weighted by molar-refractivity contribution is 6.05. The van der Waals surface area contributed by atoms with Gasteiger partial charge in [0.15, 0.2) is 0 Å². The van der Waals surface area contributed by atoms with E-state index in [2.05, 4.69) is 5.32 Å². The number of anilines is 1. The molecule has 1 fully saturated rings. The number of alkyl halides is 3. The van der Waals surface area contributed by atoms with Crippen LogP contribution in [0.5, 0.6) is 0 Å². The van der Waals surface area contributed by atoms with Gasteiger partial charge in [-0.15, -0.1) is 0 Å². The van der Waals surface area contributed by atoms with Crippen molar-refractivity contribution in [1.82, 2.24) is 9.80 Å². The summed E-state index contributed by atoms with van der Waals surface area (Å²) < 4.78 is 70.6. The molecule has 0 unspecified atom stereocenters. The number of methoxy groups -OCH3 is 1. The lowest BCUT2D eigenvalue weighted by atomic mass is 9.98. The first-order valence-corrected chi connectivity index (χ1v) is 13.6. The van der Waals surface area contributed by atoms with Gasteiger partial charge in [0, 0.05) is 18.7 Å². The van der Waals surface area contributed by atoms with E-state index in [0.29, 0.717) is 18.2 Å². The Hall–Kier alpha value is -4.36. The second-order valence-corrected chi connectivity index (χ2v) is 12.0. The van der Waals surface area contributed by atoms with Crippen molar-refractivity contribution in [3.8, 4) is 11.1 Å². The number of carbonyl (C=O) groups excluding carboxylic acids is 4. The summed E-state index contributed by atoms with van der Waals surface area (Å²) >= 11 is 0. The number of esters is 1. The predicted molar refractivity (Wildman–Crippen MR) is 151 cm³/mol. The molecule has 0 aliphatic carbocycles. The largest absolute Gasteiger partial charge is 0.467 e. The van der Waals surface area contributed by atoms with Gasteiger partial charge in [-0.05, 0) is 77.4 Å². The summed E-state index contributed by atoms with van der Waals surface area (Å²) in [5.41, 5.74) is -3.79. The summed E-state index contributed by atoms with van der Waals surface area (Å²) in [6.45, 7) is 9.35. The number of rotatable bonds is 4. The van der Waals surface area contributed by atoms with Crippen LogP contribution < -0.4 is 5.32 Å². The molecule has 1 aliphatic rings. The Morgan fingerprint density at radius 1 is 0.886 bits per heavy atom. The highest BCUT2D eigenvalue weighted by Crippen LogP contribution is 2.35. The average molecular weight is 626 g/mol. The van der Waals surface area contributed by atoms with Crippen molar-refractivity contribution < 1.29 is 51.0 Å². The van der Waals surface area contributed by atoms with E-state index in [9.17, 15) is 36.7 Å². The van der Waals surface area contributed by atoms with E-state index in [1.165, 1.54) is 17.0 Å². The van der Waals surface area contributed by atoms with Crippen LogP contribution in [0.25, 0.3) is 11.1 Å². The van der Waals surface area contributed by atoms with Gasteiger partial charge in [0.1, 0.15) is 23.1 Å². The van der Waals surface area contributed by atoms with Crippen LogP contribution >= 0.6 is 0 Å². The molecule has 1 atom stereocenters. The number of amides is 3. The van der Waals surface area contributed by atoms with E-state index in [4.69, 9.17) is 14.2 Å². The fraction of sp³-hybridized carbons (Fsp3) is 0.467. The Kier molecular flexibility index (Phi) is 9.86. The number of hydrogen-bond donors (Lipinski definition) is 1. The van der Waals surface area contributed by atoms with Crippen molar-refractivity contribution in [3.63, 3.8) is 0 Å². The van der Waals surface area contributed by atoms with Crippen molar-refractivity contribution in [2.45, 2.75) is 65.0 Å². The molecule has 0 aromatic heterocycles. The maximum atomic E-state index is 14.8. The van der Waals surface area contributed by atoms with Crippen LogP contribution in [0.2, 0.25) is 0 Å². The molecule has 10 nitrogen and oxygen atoms in total. The second kappa shape index (κ2) is 12.7. The third-order valence-corrected chi connectivity index (χ3v) is 6.26. The average Bonchev–Trinajstić information content (AvgIpc) is 2.89. The second-order valence-electron chi connectivity index (χ2n) is 12.0. The van der Waals surface area contributed by atoms with E-state index in [-0.39, 0.29) is 36.4 Å². The molecule has 3 amide bonds. The maximum absolute atomic E-state index is 14.8. The molecule has 0 radical (unpaired) electrons. The zero-order valence-corrected chi connectivity index (χ0v) is 25.4. The summed E-state index contributed by atoms with van der Waals surface area (Å²) in [6.07, 6.45) is -6.42. The molecule has 0 saturated carbocycles. The molecular weight excluding hydrogens is 590 g/mol. The van der Waals surface area contributed by atoms with Crippen LogP contribution in [0.15, 0.2) is 36.4 Å². The Morgan fingerprint density at radius 3 is 2.09 bits per heavy atom. The van der Waals surface area contributed by atoms with E-state index in [1.807, 2.05) is 0 Å². The molecule has 0 spiro atoms. The van der Waals surface area contributed by atoms with Crippen LogP contribution in [0.1, 0.15) is 57.5 Å². The van der Waals surface area contributed by atoms with Crippen molar-refractivity contribution in [2.24, 2.45) is 0 Å². The Labute approximate surface area is 252 Å². The third-order valence-electron chi connectivity index (χ3n) is 6.26. The molecule has 2 aromatic carbocycles. The monoisotopic (exact) mass is 625 g/mol. The Bertz CT molecular complexity index is 1430. The molecule has 14 heteroatoms. The Balaban J connectivity index is 2.08. The van der Waals surface area contributed by atoms with Crippen LogP contribution in [0, 0.1) is 5.82 Å². The van der Waals surface area contributed by atoms with Gasteiger partial charge in [-0.1, -0.05) is 6.07 Å². The summed E-state index contributed by atoms with van der Waals surface area (Å²) in [5, 5.41) is 2.44. The number of nitrogens with one attached hydrogen (secondary N) is 1. The number of benzene rings is 2. The summed E-state index contributed by atoms with van der Waals surface area (Å²) in [4.78, 5) is 54.5. The molecular formula is C30H35F4N3O7. The highest BCUT2D eigenvalue weighted by Gasteiger charge is 2.40. The minimum atomic E-state index is -4.76. The number of carbonyl (C=O) groups is 4. The van der Waals surface area contributed by atoms with Gasteiger partial charge in [-0.2, -0.15) is 13.2 Å². The van der Waals surface area contributed by atoms with Crippen molar-refractivity contribution >= 4 is 29.8 Å². The molecule has 240 valence electrons. The fourth-order valence-electron chi connectivity index (χ4n) is 4.34. The van der Waals surface area contributed by atoms with Crippen LogP contribution in [0.3, 0.4) is 0 Å². The van der Waals surface area contributed by atoms with E-state index in [1.54, 1.807) is 41.5 Å². The Morgan fingerprint density at radius 2 is 1.52 bits per heavy atom. The highest BCUT2D eigenvalue weighted by atomic mass is 19.4. The molecule has 1 heterocycles. The quantitative estimate of drug-likeness (QED) is 0.248. The van der Waals surface area contributed by atoms with Crippen LogP contribution in [-0.2, 0) is 25.2 Å². The first-order valence-electron chi connectivity index (χ1n) is 13.6. The van der Waals surface area contributed by atoms with Gasteiger partial charge in [0.25, 0.3) is 5.91 Å². The predicted octanol–water partition coefficient (Wildman–Crippen LogP) is 6.09. The minimum absolute atomic E-state index is 0.0368. The van der Waals surface area contributed by atoms with Crippen LogP contribution in [-0.4, -0.2) is 77.9 Å². The first-order chi connectivity index (χ1) is 20.2. The number of ether oxygens (including phenoxy) is 3. The number of hydrogen-bond acceptors (Lipinski definition) is 7.